The molecule has 0 radical (unpaired) electrons. The van der Waals surface area contributed by atoms with Crippen LogP contribution in [0.5, 0.6) is 0 Å². The summed E-state index contributed by atoms with van der Waals surface area (Å²) in [5, 5.41) is 8.30. The molecule has 0 aliphatic carbocycles. The summed E-state index contributed by atoms with van der Waals surface area (Å²) in [5.41, 5.74) is -0.377. The lowest BCUT2D eigenvalue weighted by atomic mass is 10.2. The van der Waals surface area contributed by atoms with Crippen LogP contribution in [0, 0.1) is 0 Å². The quantitative estimate of drug-likeness (QED) is 0.661. The van der Waals surface area contributed by atoms with E-state index in [0.29, 0.717) is 0 Å². The van der Waals surface area contributed by atoms with Crippen molar-refractivity contribution in [2.24, 2.45) is 4.99 Å². The average Bonchev–Trinajstić information content (AvgIpc) is 2.30. The van der Waals surface area contributed by atoms with Crippen LogP contribution in [0.25, 0.3) is 0 Å². The SMILES string of the molecule is O=C(O)C1=NC(C(F)(F)F)CC1. The third kappa shape index (κ3) is 1.75. The van der Waals surface area contributed by atoms with Crippen LogP contribution in [0.2, 0.25) is 0 Å². The fourth-order valence-corrected chi connectivity index (χ4v) is 0.990. The summed E-state index contributed by atoms with van der Waals surface area (Å²) in [6.45, 7) is 0. The first-order valence-corrected chi connectivity index (χ1v) is 3.28. The van der Waals surface area contributed by atoms with Crippen LogP contribution in [0.1, 0.15) is 12.8 Å². The van der Waals surface area contributed by atoms with E-state index in [1.807, 2.05) is 0 Å². The first-order valence-electron chi connectivity index (χ1n) is 3.28. The number of carboxylic acid groups (broad SMARTS) is 1. The van der Waals surface area contributed by atoms with Crippen molar-refractivity contribution in [3.05, 3.63) is 0 Å². The van der Waals surface area contributed by atoms with Gasteiger partial charge in [-0.3, -0.25) is 4.99 Å². The molecular formula is C6H6F3NO2. The maximum absolute atomic E-state index is 11.9. The summed E-state index contributed by atoms with van der Waals surface area (Å²) in [6.07, 6.45) is -4.75. The van der Waals surface area contributed by atoms with Gasteiger partial charge in [0.15, 0.2) is 0 Å². The van der Waals surface area contributed by atoms with E-state index in [2.05, 4.69) is 4.99 Å². The topological polar surface area (TPSA) is 49.7 Å². The predicted octanol–water partition coefficient (Wildman–Crippen LogP) is 1.24. The smallest absolute Gasteiger partial charge is 0.410 e. The zero-order chi connectivity index (χ0) is 9.35. The monoisotopic (exact) mass is 181 g/mol. The van der Waals surface area contributed by atoms with Crippen LogP contribution < -0.4 is 0 Å². The molecule has 1 heterocycles. The Morgan fingerprint density at radius 2 is 2.17 bits per heavy atom. The van der Waals surface area contributed by atoms with Gasteiger partial charge in [0.2, 0.25) is 0 Å². The molecule has 68 valence electrons. The Labute approximate surface area is 65.9 Å². The summed E-state index contributed by atoms with van der Waals surface area (Å²) in [7, 11) is 0. The van der Waals surface area contributed by atoms with Crippen LogP contribution in [0.4, 0.5) is 13.2 Å². The molecule has 1 rings (SSSR count). The molecule has 0 amide bonds. The highest BCUT2D eigenvalue weighted by Crippen LogP contribution is 2.30. The van der Waals surface area contributed by atoms with E-state index in [1.54, 1.807) is 0 Å². The summed E-state index contributed by atoms with van der Waals surface area (Å²) in [4.78, 5) is 13.2. The summed E-state index contributed by atoms with van der Waals surface area (Å²) < 4.78 is 35.7. The van der Waals surface area contributed by atoms with Gasteiger partial charge in [0.05, 0.1) is 0 Å². The van der Waals surface area contributed by atoms with E-state index < -0.39 is 18.2 Å². The molecular weight excluding hydrogens is 175 g/mol. The van der Waals surface area contributed by atoms with E-state index in [-0.39, 0.29) is 18.6 Å². The number of alkyl halides is 3. The second-order valence-corrected chi connectivity index (χ2v) is 2.48. The van der Waals surface area contributed by atoms with Gasteiger partial charge in [0, 0.05) is 0 Å². The van der Waals surface area contributed by atoms with Crippen molar-refractivity contribution >= 4 is 11.7 Å². The summed E-state index contributed by atoms with van der Waals surface area (Å²) in [5.74, 6) is -1.36. The molecule has 12 heavy (non-hydrogen) atoms. The average molecular weight is 181 g/mol. The second-order valence-electron chi connectivity index (χ2n) is 2.48. The standard InChI is InChI=1S/C6H6F3NO2/c7-6(8,9)4-2-1-3(10-4)5(11)12/h4H,1-2H2,(H,11,12). The minimum atomic E-state index is -4.41. The highest BCUT2D eigenvalue weighted by molar-refractivity contribution is 6.36. The zero-order valence-electron chi connectivity index (χ0n) is 5.93. The van der Waals surface area contributed by atoms with E-state index >= 15 is 0 Å². The number of halogens is 3. The fourth-order valence-electron chi connectivity index (χ4n) is 0.990. The third-order valence-electron chi connectivity index (χ3n) is 1.59. The van der Waals surface area contributed by atoms with Gasteiger partial charge in [-0.15, -0.1) is 0 Å². The number of hydrogen-bond acceptors (Lipinski definition) is 2. The van der Waals surface area contributed by atoms with Crippen molar-refractivity contribution in [3.63, 3.8) is 0 Å². The minimum Gasteiger partial charge on any atom is -0.477 e. The molecule has 3 nitrogen and oxygen atoms in total. The maximum atomic E-state index is 11.9. The van der Waals surface area contributed by atoms with Gasteiger partial charge in [-0.2, -0.15) is 13.2 Å². The van der Waals surface area contributed by atoms with Crippen molar-refractivity contribution < 1.29 is 23.1 Å². The van der Waals surface area contributed by atoms with E-state index in [4.69, 9.17) is 5.11 Å². The number of nitrogens with zero attached hydrogens (tertiary/aromatic N) is 1. The molecule has 0 aromatic carbocycles. The molecule has 0 bridgehead atoms. The van der Waals surface area contributed by atoms with Gasteiger partial charge in [-0.1, -0.05) is 0 Å². The highest BCUT2D eigenvalue weighted by Gasteiger charge is 2.42. The number of aliphatic imine (C=N–C) groups is 1. The number of hydrogen-bond donors (Lipinski definition) is 1. The molecule has 1 atom stereocenters. The van der Waals surface area contributed by atoms with Crippen molar-refractivity contribution in [1.29, 1.82) is 0 Å². The number of rotatable bonds is 1. The van der Waals surface area contributed by atoms with E-state index in [9.17, 15) is 18.0 Å². The second kappa shape index (κ2) is 2.76. The van der Waals surface area contributed by atoms with Crippen LogP contribution >= 0.6 is 0 Å². The maximum Gasteiger partial charge on any atom is 0.410 e. The Morgan fingerprint density at radius 3 is 2.42 bits per heavy atom. The van der Waals surface area contributed by atoms with Crippen molar-refractivity contribution in [3.8, 4) is 0 Å². The van der Waals surface area contributed by atoms with Gasteiger partial charge in [0.1, 0.15) is 11.8 Å². The molecule has 0 fully saturated rings. The third-order valence-corrected chi connectivity index (χ3v) is 1.59. The van der Waals surface area contributed by atoms with Gasteiger partial charge in [-0.25, -0.2) is 4.79 Å². The molecule has 1 N–H and O–H groups in total. The predicted molar refractivity (Wildman–Crippen MR) is 34.1 cm³/mol. The highest BCUT2D eigenvalue weighted by atomic mass is 19.4. The summed E-state index contributed by atoms with van der Waals surface area (Å²) in [6, 6.07) is -1.82. The van der Waals surface area contributed by atoms with Crippen molar-refractivity contribution in [2.45, 2.75) is 25.1 Å². The number of aliphatic carboxylic acids is 1. The molecule has 1 aliphatic heterocycles. The molecule has 1 aliphatic rings. The molecule has 6 heteroatoms. The molecule has 0 aromatic rings. The first kappa shape index (κ1) is 9.02. The zero-order valence-corrected chi connectivity index (χ0v) is 5.93. The van der Waals surface area contributed by atoms with Crippen LogP contribution in [0.3, 0.4) is 0 Å². The number of carbonyl (C=O) groups is 1. The lowest BCUT2D eigenvalue weighted by molar-refractivity contribution is -0.146. The molecule has 0 saturated heterocycles. The Hall–Kier alpha value is -1.07. The van der Waals surface area contributed by atoms with Crippen LogP contribution in [-0.2, 0) is 4.79 Å². The minimum absolute atomic E-state index is 0.0977. The van der Waals surface area contributed by atoms with Gasteiger partial charge < -0.3 is 5.11 Å². The van der Waals surface area contributed by atoms with Gasteiger partial charge in [0.25, 0.3) is 0 Å². The Morgan fingerprint density at radius 1 is 1.58 bits per heavy atom. The summed E-state index contributed by atoms with van der Waals surface area (Å²) >= 11 is 0. The fraction of sp³-hybridized carbons (Fsp3) is 0.667. The van der Waals surface area contributed by atoms with Crippen molar-refractivity contribution in [2.75, 3.05) is 0 Å². The number of carboxylic acids is 1. The Balaban J connectivity index is 2.71. The Bertz CT molecular complexity index is 233. The van der Waals surface area contributed by atoms with Gasteiger partial charge in [-0.05, 0) is 12.8 Å². The van der Waals surface area contributed by atoms with Gasteiger partial charge >= 0.3 is 12.1 Å². The van der Waals surface area contributed by atoms with Crippen LogP contribution in [0.15, 0.2) is 4.99 Å². The van der Waals surface area contributed by atoms with E-state index in [0.717, 1.165) is 0 Å². The molecule has 0 aromatic heterocycles. The Kier molecular flexibility index (Phi) is 2.08. The lowest BCUT2D eigenvalue weighted by Crippen LogP contribution is -2.24. The van der Waals surface area contributed by atoms with Crippen LogP contribution in [-0.4, -0.2) is 29.0 Å². The van der Waals surface area contributed by atoms with E-state index in [1.165, 1.54) is 0 Å². The lowest BCUT2D eigenvalue weighted by Gasteiger charge is -2.09. The largest absolute Gasteiger partial charge is 0.477 e. The first-order chi connectivity index (χ1) is 5.41. The normalized spacial score (nSPS) is 23.9. The molecule has 0 spiro atoms. The van der Waals surface area contributed by atoms with Crippen molar-refractivity contribution in [1.82, 2.24) is 0 Å². The molecule has 1 unspecified atom stereocenters. The molecule has 0 saturated carbocycles.